The molecule has 1 aromatic rings. The van der Waals surface area contributed by atoms with E-state index in [0.717, 1.165) is 4.90 Å². The van der Waals surface area contributed by atoms with E-state index in [1.807, 2.05) is 0 Å². The Bertz CT molecular complexity index is 581. The van der Waals surface area contributed by atoms with E-state index in [1.165, 1.54) is 18.2 Å². The first-order valence-corrected chi connectivity index (χ1v) is 7.15. The first kappa shape index (κ1) is 17.2. The lowest BCUT2D eigenvalue weighted by molar-refractivity contribution is -0.186. The third kappa shape index (κ3) is 4.94. The quantitative estimate of drug-likeness (QED) is 0.861. The Balaban J connectivity index is 1.80. The maximum Gasteiger partial charge on any atom is 0.471 e. The summed E-state index contributed by atoms with van der Waals surface area (Å²) in [7, 11) is 0. The fourth-order valence-electron chi connectivity index (χ4n) is 2.52. The van der Waals surface area contributed by atoms with Gasteiger partial charge in [0.2, 0.25) is 5.91 Å². The Morgan fingerprint density at radius 3 is 2.43 bits per heavy atom. The zero-order valence-electron chi connectivity index (χ0n) is 12.2. The average Bonchev–Trinajstić information content (AvgIpc) is 2.46. The Labute approximate surface area is 130 Å². The van der Waals surface area contributed by atoms with Crippen LogP contribution in [0.1, 0.15) is 18.4 Å². The van der Waals surface area contributed by atoms with Gasteiger partial charge in [0, 0.05) is 19.1 Å². The molecular formula is C15H16F4N2O2. The number of alkyl halides is 3. The second-order valence-corrected chi connectivity index (χ2v) is 5.44. The normalized spacial score (nSPS) is 16.3. The first-order valence-electron chi connectivity index (χ1n) is 7.15. The van der Waals surface area contributed by atoms with E-state index >= 15 is 0 Å². The molecule has 0 saturated carbocycles. The van der Waals surface area contributed by atoms with E-state index in [1.54, 1.807) is 6.07 Å². The molecule has 2 rings (SSSR count). The summed E-state index contributed by atoms with van der Waals surface area (Å²) in [6.45, 7) is -0.105. The summed E-state index contributed by atoms with van der Waals surface area (Å²) in [5.41, 5.74) is 0.521. The topological polar surface area (TPSA) is 49.4 Å². The number of hydrogen-bond donors (Lipinski definition) is 1. The number of carbonyl (C=O) groups is 2. The van der Waals surface area contributed by atoms with Crippen molar-refractivity contribution in [3.05, 3.63) is 35.6 Å². The first-order chi connectivity index (χ1) is 10.8. The van der Waals surface area contributed by atoms with E-state index in [2.05, 4.69) is 5.32 Å². The fraction of sp³-hybridized carbons (Fsp3) is 0.467. The van der Waals surface area contributed by atoms with Crippen molar-refractivity contribution in [1.82, 2.24) is 10.2 Å². The van der Waals surface area contributed by atoms with Gasteiger partial charge in [0.15, 0.2) is 0 Å². The summed E-state index contributed by atoms with van der Waals surface area (Å²) < 4.78 is 50.0. The standard InChI is InChI=1S/C15H16F4N2O2/c16-11-3-1-2-10(8-11)9-13(22)20-12-4-6-21(7-5-12)14(23)15(17,18)19/h1-3,8,12H,4-7,9H2,(H,20,22). The monoisotopic (exact) mass is 332 g/mol. The summed E-state index contributed by atoms with van der Waals surface area (Å²) in [6, 6.07) is 5.36. The molecule has 1 N–H and O–H groups in total. The lowest BCUT2D eigenvalue weighted by Crippen LogP contribution is -2.50. The molecular weight excluding hydrogens is 316 g/mol. The number of carbonyl (C=O) groups excluding carboxylic acids is 2. The van der Waals surface area contributed by atoms with Crippen molar-refractivity contribution in [2.45, 2.75) is 31.5 Å². The van der Waals surface area contributed by atoms with Crippen molar-refractivity contribution >= 4 is 11.8 Å². The van der Waals surface area contributed by atoms with E-state index in [4.69, 9.17) is 0 Å². The van der Waals surface area contributed by atoms with Crippen molar-refractivity contribution in [3.63, 3.8) is 0 Å². The second-order valence-electron chi connectivity index (χ2n) is 5.44. The van der Waals surface area contributed by atoms with Gasteiger partial charge in [0.1, 0.15) is 5.82 Å². The lowest BCUT2D eigenvalue weighted by Gasteiger charge is -2.32. The molecule has 4 nitrogen and oxygen atoms in total. The van der Waals surface area contributed by atoms with Gasteiger partial charge >= 0.3 is 12.1 Å². The molecule has 0 spiro atoms. The molecule has 0 bridgehead atoms. The Hall–Kier alpha value is -2.12. The van der Waals surface area contributed by atoms with E-state index in [9.17, 15) is 27.2 Å². The summed E-state index contributed by atoms with van der Waals surface area (Å²) in [5.74, 6) is -2.60. The lowest BCUT2D eigenvalue weighted by atomic mass is 10.0. The van der Waals surface area contributed by atoms with Crippen LogP contribution in [0.3, 0.4) is 0 Å². The number of nitrogens with one attached hydrogen (secondary N) is 1. The highest BCUT2D eigenvalue weighted by Crippen LogP contribution is 2.21. The minimum Gasteiger partial charge on any atom is -0.353 e. The maximum absolute atomic E-state index is 13.0. The number of benzene rings is 1. The molecule has 1 saturated heterocycles. The largest absolute Gasteiger partial charge is 0.471 e. The van der Waals surface area contributed by atoms with Gasteiger partial charge in [-0.05, 0) is 30.5 Å². The molecule has 1 aliphatic rings. The molecule has 0 aliphatic carbocycles. The molecule has 1 fully saturated rings. The number of amides is 2. The molecule has 0 atom stereocenters. The molecule has 0 unspecified atom stereocenters. The number of likely N-dealkylation sites (tertiary alicyclic amines) is 1. The van der Waals surface area contributed by atoms with Crippen LogP contribution in [0.25, 0.3) is 0 Å². The van der Waals surface area contributed by atoms with Gasteiger partial charge < -0.3 is 10.2 Å². The Morgan fingerprint density at radius 2 is 1.87 bits per heavy atom. The van der Waals surface area contributed by atoms with Crippen molar-refractivity contribution in [3.8, 4) is 0 Å². The smallest absolute Gasteiger partial charge is 0.353 e. The van der Waals surface area contributed by atoms with Gasteiger partial charge in [-0.25, -0.2) is 4.39 Å². The summed E-state index contributed by atoms with van der Waals surface area (Å²) in [5, 5.41) is 2.70. The van der Waals surface area contributed by atoms with Gasteiger partial charge in [-0.2, -0.15) is 13.2 Å². The van der Waals surface area contributed by atoms with Crippen LogP contribution in [0.15, 0.2) is 24.3 Å². The van der Waals surface area contributed by atoms with Crippen LogP contribution in [0, 0.1) is 5.82 Å². The highest BCUT2D eigenvalue weighted by Gasteiger charge is 2.43. The molecule has 1 heterocycles. The van der Waals surface area contributed by atoms with Gasteiger partial charge in [-0.15, -0.1) is 0 Å². The molecule has 23 heavy (non-hydrogen) atoms. The fourth-order valence-corrected chi connectivity index (χ4v) is 2.52. The zero-order chi connectivity index (χ0) is 17.0. The summed E-state index contributed by atoms with van der Waals surface area (Å²) >= 11 is 0. The van der Waals surface area contributed by atoms with Gasteiger partial charge in [-0.3, -0.25) is 9.59 Å². The number of halogens is 4. The Kier molecular flexibility index (Phi) is 5.23. The SMILES string of the molecule is O=C(Cc1cccc(F)c1)NC1CCN(C(=O)C(F)(F)F)CC1. The third-order valence-corrected chi connectivity index (χ3v) is 3.64. The molecule has 0 radical (unpaired) electrons. The number of hydrogen-bond acceptors (Lipinski definition) is 2. The summed E-state index contributed by atoms with van der Waals surface area (Å²) in [6.07, 6.45) is -4.35. The third-order valence-electron chi connectivity index (χ3n) is 3.64. The molecule has 126 valence electrons. The molecule has 1 aliphatic heterocycles. The zero-order valence-corrected chi connectivity index (χ0v) is 12.2. The number of nitrogens with zero attached hydrogens (tertiary/aromatic N) is 1. The predicted octanol–water partition coefficient (Wildman–Crippen LogP) is 2.04. The van der Waals surface area contributed by atoms with Crippen molar-refractivity contribution in [1.29, 1.82) is 0 Å². The highest BCUT2D eigenvalue weighted by atomic mass is 19.4. The molecule has 2 amide bonds. The minimum atomic E-state index is -4.87. The van der Waals surface area contributed by atoms with Crippen LogP contribution in [0.2, 0.25) is 0 Å². The van der Waals surface area contributed by atoms with E-state index < -0.39 is 17.9 Å². The van der Waals surface area contributed by atoms with Crippen molar-refractivity contribution < 1.29 is 27.2 Å². The molecule has 1 aromatic carbocycles. The van der Waals surface area contributed by atoms with Crippen LogP contribution in [0.4, 0.5) is 17.6 Å². The van der Waals surface area contributed by atoms with Gasteiger partial charge in [-0.1, -0.05) is 12.1 Å². The molecule has 0 aromatic heterocycles. The average molecular weight is 332 g/mol. The van der Waals surface area contributed by atoms with Crippen LogP contribution in [-0.2, 0) is 16.0 Å². The van der Waals surface area contributed by atoms with Crippen LogP contribution in [0.5, 0.6) is 0 Å². The highest BCUT2D eigenvalue weighted by molar-refractivity contribution is 5.82. The van der Waals surface area contributed by atoms with E-state index in [-0.39, 0.29) is 44.3 Å². The second kappa shape index (κ2) is 6.97. The molecule has 8 heteroatoms. The van der Waals surface area contributed by atoms with Gasteiger partial charge in [0.25, 0.3) is 0 Å². The number of piperidine rings is 1. The summed E-state index contributed by atoms with van der Waals surface area (Å²) in [4.78, 5) is 23.7. The number of rotatable bonds is 3. The van der Waals surface area contributed by atoms with Crippen LogP contribution in [-0.4, -0.2) is 42.0 Å². The Morgan fingerprint density at radius 1 is 1.22 bits per heavy atom. The van der Waals surface area contributed by atoms with E-state index in [0.29, 0.717) is 5.56 Å². The predicted molar refractivity (Wildman–Crippen MR) is 73.9 cm³/mol. The van der Waals surface area contributed by atoms with Crippen LogP contribution < -0.4 is 5.32 Å². The van der Waals surface area contributed by atoms with Gasteiger partial charge in [0.05, 0.1) is 6.42 Å². The minimum absolute atomic E-state index is 0.000540. The van der Waals surface area contributed by atoms with Crippen molar-refractivity contribution in [2.24, 2.45) is 0 Å². The maximum atomic E-state index is 13.0. The van der Waals surface area contributed by atoms with Crippen molar-refractivity contribution in [2.75, 3.05) is 13.1 Å². The van der Waals surface area contributed by atoms with Crippen LogP contribution >= 0.6 is 0 Å².